The number of rotatable bonds is 1. The van der Waals surface area contributed by atoms with Crippen molar-refractivity contribution in [1.29, 1.82) is 0 Å². The molecule has 2 aromatic rings. The molecule has 1 aromatic heterocycles. The van der Waals surface area contributed by atoms with Crippen LogP contribution in [0.1, 0.15) is 34.9 Å². The molecule has 1 atom stereocenters. The van der Waals surface area contributed by atoms with Gasteiger partial charge in [-0.1, -0.05) is 11.6 Å². The number of halogens is 1. The van der Waals surface area contributed by atoms with Gasteiger partial charge in [-0.25, -0.2) is 4.98 Å². The second-order valence-electron chi connectivity index (χ2n) is 5.03. The minimum absolute atomic E-state index is 0.179. The molecule has 2 nitrogen and oxygen atoms in total. The quantitative estimate of drug-likeness (QED) is 0.721. The van der Waals surface area contributed by atoms with Crippen molar-refractivity contribution < 1.29 is 4.74 Å². The van der Waals surface area contributed by atoms with Gasteiger partial charge in [-0.05, 0) is 66.5 Å². The van der Waals surface area contributed by atoms with Crippen LogP contribution in [-0.2, 0) is 11.2 Å². The molecule has 1 heterocycles. The lowest BCUT2D eigenvalue weighted by Gasteiger charge is -2.13. The Balaban J connectivity index is 2.36. The van der Waals surface area contributed by atoms with Gasteiger partial charge in [0.25, 0.3) is 0 Å². The van der Waals surface area contributed by atoms with E-state index in [1.807, 2.05) is 0 Å². The molecule has 0 fully saturated rings. The van der Waals surface area contributed by atoms with Gasteiger partial charge < -0.3 is 4.74 Å². The summed E-state index contributed by atoms with van der Waals surface area (Å²) in [7, 11) is 1.78. The first-order valence-corrected chi connectivity index (χ1v) is 7.31. The zero-order chi connectivity index (χ0) is 12.9. The zero-order valence-electron chi connectivity index (χ0n) is 10.9. The molecule has 1 aromatic carbocycles. The van der Waals surface area contributed by atoms with Gasteiger partial charge in [0.2, 0.25) is 0 Å². The molecule has 0 saturated heterocycles. The Morgan fingerprint density at radius 3 is 2.83 bits per heavy atom. The molecule has 3 rings (SSSR count). The summed E-state index contributed by atoms with van der Waals surface area (Å²) in [6.07, 6.45) is 2.32. The summed E-state index contributed by atoms with van der Waals surface area (Å²) in [6, 6.07) is 4.45. The molecule has 3 heteroatoms. The maximum absolute atomic E-state index is 5.54. The lowest BCUT2D eigenvalue weighted by Crippen LogP contribution is -2.02. The smallest absolute Gasteiger partial charge is 0.0997 e. The van der Waals surface area contributed by atoms with Crippen LogP contribution in [0, 0.1) is 17.4 Å². The Hall–Kier alpha value is -0.680. The van der Waals surface area contributed by atoms with E-state index in [4.69, 9.17) is 9.72 Å². The number of ether oxygens (including phenoxy) is 1. The average molecular weight is 353 g/mol. The summed E-state index contributed by atoms with van der Waals surface area (Å²) in [5.41, 5.74) is 6.24. The molecular formula is C15H16INO. The molecule has 0 bridgehead atoms. The Bertz CT molecular complexity index is 636. The number of nitrogens with zero attached hydrogens (tertiary/aromatic N) is 1. The minimum Gasteiger partial charge on any atom is -0.375 e. The van der Waals surface area contributed by atoms with Crippen molar-refractivity contribution in [3.05, 3.63) is 38.1 Å². The Kier molecular flexibility index (Phi) is 3.06. The molecule has 1 unspecified atom stereocenters. The van der Waals surface area contributed by atoms with E-state index in [-0.39, 0.29) is 6.10 Å². The second kappa shape index (κ2) is 4.46. The van der Waals surface area contributed by atoms with Gasteiger partial charge >= 0.3 is 0 Å². The van der Waals surface area contributed by atoms with Crippen LogP contribution in [0.5, 0.6) is 0 Å². The van der Waals surface area contributed by atoms with E-state index in [9.17, 15) is 0 Å². The van der Waals surface area contributed by atoms with Crippen molar-refractivity contribution >= 4 is 33.5 Å². The summed E-state index contributed by atoms with van der Waals surface area (Å²) >= 11 is 2.47. The molecule has 0 saturated carbocycles. The monoisotopic (exact) mass is 353 g/mol. The maximum atomic E-state index is 5.54. The van der Waals surface area contributed by atoms with E-state index in [2.05, 4.69) is 48.6 Å². The molecule has 0 spiro atoms. The van der Waals surface area contributed by atoms with E-state index in [0.717, 1.165) is 24.1 Å². The van der Waals surface area contributed by atoms with Gasteiger partial charge in [0.1, 0.15) is 0 Å². The van der Waals surface area contributed by atoms with Crippen molar-refractivity contribution in [1.82, 2.24) is 4.98 Å². The predicted molar refractivity (Wildman–Crippen MR) is 82.0 cm³/mol. The molecule has 0 N–H and O–H groups in total. The van der Waals surface area contributed by atoms with Crippen LogP contribution in [0.15, 0.2) is 12.1 Å². The molecular weight excluding hydrogens is 337 g/mol. The van der Waals surface area contributed by atoms with Crippen LogP contribution in [0.2, 0.25) is 0 Å². The van der Waals surface area contributed by atoms with E-state index in [0.29, 0.717) is 0 Å². The molecule has 0 amide bonds. The van der Waals surface area contributed by atoms with Gasteiger partial charge in [0, 0.05) is 16.1 Å². The number of aromatic nitrogens is 1. The second-order valence-corrected chi connectivity index (χ2v) is 6.11. The summed E-state index contributed by atoms with van der Waals surface area (Å²) in [5, 5.41) is 1.30. The molecule has 18 heavy (non-hydrogen) atoms. The Morgan fingerprint density at radius 1 is 1.33 bits per heavy atom. The fourth-order valence-electron chi connectivity index (χ4n) is 2.88. The van der Waals surface area contributed by atoms with E-state index in [1.54, 1.807) is 7.11 Å². The third kappa shape index (κ3) is 1.75. The van der Waals surface area contributed by atoms with Crippen molar-refractivity contribution in [3.8, 4) is 0 Å². The van der Waals surface area contributed by atoms with Gasteiger partial charge in [-0.3, -0.25) is 0 Å². The third-order valence-corrected chi connectivity index (χ3v) is 4.97. The number of hydrogen-bond acceptors (Lipinski definition) is 2. The first-order valence-electron chi connectivity index (χ1n) is 6.24. The fourth-order valence-corrected chi connectivity index (χ4v) is 3.84. The highest BCUT2D eigenvalue weighted by atomic mass is 127. The number of fused-ring (bicyclic) bond motifs is 2. The van der Waals surface area contributed by atoms with Crippen LogP contribution >= 0.6 is 22.6 Å². The van der Waals surface area contributed by atoms with E-state index < -0.39 is 0 Å². The minimum atomic E-state index is 0.179. The number of aryl methyl sites for hydroxylation is 2. The highest BCUT2D eigenvalue weighted by Gasteiger charge is 2.27. The van der Waals surface area contributed by atoms with Crippen LogP contribution < -0.4 is 0 Å². The molecule has 1 aliphatic rings. The highest BCUT2D eigenvalue weighted by Crippen LogP contribution is 2.38. The van der Waals surface area contributed by atoms with Gasteiger partial charge in [-0.2, -0.15) is 0 Å². The molecule has 0 radical (unpaired) electrons. The highest BCUT2D eigenvalue weighted by molar-refractivity contribution is 14.1. The summed E-state index contributed by atoms with van der Waals surface area (Å²) < 4.78 is 6.90. The van der Waals surface area contributed by atoms with Crippen LogP contribution in [0.4, 0.5) is 0 Å². The summed E-state index contributed by atoms with van der Waals surface area (Å²) in [5.74, 6) is 0. The van der Waals surface area contributed by atoms with Crippen molar-refractivity contribution in [3.63, 3.8) is 0 Å². The normalized spacial score (nSPS) is 18.3. The van der Waals surface area contributed by atoms with Gasteiger partial charge in [-0.15, -0.1) is 0 Å². The lowest BCUT2D eigenvalue weighted by atomic mass is 10.0. The molecule has 1 aliphatic carbocycles. The molecule has 94 valence electrons. The zero-order valence-corrected chi connectivity index (χ0v) is 13.0. The standard InChI is InChI=1S/C15H16INO/c1-8-6-9(2)14-11(7-8)13(16)10-4-5-12(18-3)15(10)17-14/h6-7,12H,4-5H2,1-3H3. The van der Waals surface area contributed by atoms with Crippen molar-refractivity contribution in [2.24, 2.45) is 0 Å². The van der Waals surface area contributed by atoms with Crippen LogP contribution in [0.25, 0.3) is 10.9 Å². The van der Waals surface area contributed by atoms with E-state index in [1.165, 1.54) is 25.6 Å². The Labute approximate surface area is 121 Å². The third-order valence-electron chi connectivity index (χ3n) is 3.73. The fraction of sp³-hybridized carbons (Fsp3) is 0.400. The summed E-state index contributed by atoms with van der Waals surface area (Å²) in [4.78, 5) is 4.88. The first-order chi connectivity index (χ1) is 8.61. The van der Waals surface area contributed by atoms with Gasteiger partial charge in [0.15, 0.2) is 0 Å². The maximum Gasteiger partial charge on any atom is 0.0997 e. The number of methoxy groups -OCH3 is 1. The van der Waals surface area contributed by atoms with E-state index >= 15 is 0 Å². The summed E-state index contributed by atoms with van der Waals surface area (Å²) in [6.45, 7) is 4.29. The average Bonchev–Trinajstić information content (AvgIpc) is 2.74. The van der Waals surface area contributed by atoms with Crippen molar-refractivity contribution in [2.45, 2.75) is 32.8 Å². The number of hydrogen-bond donors (Lipinski definition) is 0. The lowest BCUT2D eigenvalue weighted by molar-refractivity contribution is 0.102. The topological polar surface area (TPSA) is 22.1 Å². The SMILES string of the molecule is COC1CCc2c1nc1c(C)cc(C)cc1c2I. The van der Waals surface area contributed by atoms with Crippen molar-refractivity contribution in [2.75, 3.05) is 7.11 Å². The Morgan fingerprint density at radius 2 is 2.11 bits per heavy atom. The largest absolute Gasteiger partial charge is 0.375 e. The molecule has 0 aliphatic heterocycles. The van der Waals surface area contributed by atoms with Crippen LogP contribution in [-0.4, -0.2) is 12.1 Å². The van der Waals surface area contributed by atoms with Crippen LogP contribution in [0.3, 0.4) is 0 Å². The van der Waals surface area contributed by atoms with Gasteiger partial charge in [0.05, 0.1) is 17.3 Å². The number of pyridine rings is 1. The predicted octanol–water partition coefficient (Wildman–Crippen LogP) is 4.09. The number of benzene rings is 1. The first kappa shape index (κ1) is 12.4.